The van der Waals surface area contributed by atoms with Gasteiger partial charge in [0.2, 0.25) is 10.0 Å². The van der Waals surface area contributed by atoms with Gasteiger partial charge in [0.15, 0.2) is 0 Å². The summed E-state index contributed by atoms with van der Waals surface area (Å²) in [6.07, 6.45) is 0.449. The normalized spacial score (nSPS) is 11.2. The van der Waals surface area contributed by atoms with Crippen LogP contribution < -0.4 is 10.5 Å². The molecule has 0 saturated heterocycles. The highest BCUT2D eigenvalue weighted by molar-refractivity contribution is 9.10. The Labute approximate surface area is 109 Å². The highest BCUT2D eigenvalue weighted by Gasteiger charge is 2.15. The van der Waals surface area contributed by atoms with Crippen molar-refractivity contribution in [3.8, 4) is 0 Å². The Morgan fingerprint density at radius 1 is 1.47 bits per heavy atom. The SMILES string of the molecule is CCCS(=O)(=O)NC(=O)c1ccc(Br)c(N)c1. The van der Waals surface area contributed by atoms with Crippen LogP contribution in [-0.2, 0) is 10.0 Å². The number of hydrogen-bond acceptors (Lipinski definition) is 4. The molecule has 0 spiro atoms. The van der Waals surface area contributed by atoms with Crippen LogP contribution >= 0.6 is 15.9 Å². The Morgan fingerprint density at radius 3 is 2.65 bits per heavy atom. The van der Waals surface area contributed by atoms with Gasteiger partial charge in [-0.2, -0.15) is 0 Å². The molecule has 5 nitrogen and oxygen atoms in total. The molecule has 3 N–H and O–H groups in total. The lowest BCUT2D eigenvalue weighted by Crippen LogP contribution is -2.32. The molecule has 0 aliphatic rings. The van der Waals surface area contributed by atoms with Crippen LogP contribution in [0.15, 0.2) is 22.7 Å². The van der Waals surface area contributed by atoms with Crippen LogP contribution in [0, 0.1) is 0 Å². The van der Waals surface area contributed by atoms with Crippen molar-refractivity contribution in [1.29, 1.82) is 0 Å². The standard InChI is InChI=1S/C10H13BrN2O3S/c1-2-5-17(15,16)13-10(14)7-3-4-8(11)9(12)6-7/h3-4,6H,2,5,12H2,1H3,(H,13,14). The van der Waals surface area contributed by atoms with Gasteiger partial charge in [-0.1, -0.05) is 6.92 Å². The minimum atomic E-state index is -3.55. The summed E-state index contributed by atoms with van der Waals surface area (Å²) in [5, 5.41) is 0. The van der Waals surface area contributed by atoms with Crippen molar-refractivity contribution < 1.29 is 13.2 Å². The van der Waals surface area contributed by atoms with Crippen LogP contribution in [0.25, 0.3) is 0 Å². The summed E-state index contributed by atoms with van der Waals surface area (Å²) in [4.78, 5) is 11.6. The number of anilines is 1. The maximum absolute atomic E-state index is 11.6. The van der Waals surface area contributed by atoms with E-state index >= 15 is 0 Å². The number of nitrogens with one attached hydrogen (secondary N) is 1. The molecular weight excluding hydrogens is 308 g/mol. The van der Waals surface area contributed by atoms with Crippen LogP contribution in [0.5, 0.6) is 0 Å². The lowest BCUT2D eigenvalue weighted by Gasteiger charge is -2.06. The van der Waals surface area contributed by atoms with Crippen molar-refractivity contribution in [2.45, 2.75) is 13.3 Å². The molecule has 0 aliphatic heterocycles. The third-order valence-electron chi connectivity index (χ3n) is 1.98. The lowest BCUT2D eigenvalue weighted by molar-refractivity contribution is 0.0981. The van der Waals surface area contributed by atoms with Gasteiger partial charge in [0.1, 0.15) is 0 Å². The van der Waals surface area contributed by atoms with Gasteiger partial charge in [0.05, 0.1) is 5.75 Å². The zero-order valence-corrected chi connectivity index (χ0v) is 11.6. The Bertz CT molecular complexity index is 528. The van der Waals surface area contributed by atoms with Crippen molar-refractivity contribution in [2.24, 2.45) is 0 Å². The van der Waals surface area contributed by atoms with Gasteiger partial charge in [0, 0.05) is 15.7 Å². The molecule has 1 aromatic rings. The molecule has 0 bridgehead atoms. The van der Waals surface area contributed by atoms with Gasteiger partial charge in [-0.15, -0.1) is 0 Å². The third-order valence-corrected chi connectivity index (χ3v) is 4.14. The molecule has 7 heteroatoms. The molecule has 0 saturated carbocycles. The fraction of sp³-hybridized carbons (Fsp3) is 0.300. The summed E-state index contributed by atoms with van der Waals surface area (Å²) in [6, 6.07) is 4.51. The van der Waals surface area contributed by atoms with Gasteiger partial charge in [-0.3, -0.25) is 4.79 Å². The summed E-state index contributed by atoms with van der Waals surface area (Å²) >= 11 is 3.19. The number of sulfonamides is 1. The monoisotopic (exact) mass is 320 g/mol. The topological polar surface area (TPSA) is 89.3 Å². The van der Waals surface area contributed by atoms with Crippen molar-refractivity contribution in [1.82, 2.24) is 4.72 Å². The molecule has 1 amide bonds. The maximum Gasteiger partial charge on any atom is 0.264 e. The van der Waals surface area contributed by atoms with Crippen molar-refractivity contribution in [2.75, 3.05) is 11.5 Å². The first-order chi connectivity index (χ1) is 7.85. The molecule has 94 valence electrons. The second kappa shape index (κ2) is 5.50. The largest absolute Gasteiger partial charge is 0.398 e. The van der Waals surface area contributed by atoms with Crippen LogP contribution in [0.4, 0.5) is 5.69 Å². The third kappa shape index (κ3) is 4.01. The number of carbonyl (C=O) groups is 1. The van der Waals surface area contributed by atoms with E-state index in [1.807, 2.05) is 4.72 Å². The summed E-state index contributed by atoms with van der Waals surface area (Å²) in [7, 11) is -3.55. The van der Waals surface area contributed by atoms with E-state index in [0.717, 1.165) is 0 Å². The molecule has 0 atom stereocenters. The second-order valence-electron chi connectivity index (χ2n) is 3.49. The summed E-state index contributed by atoms with van der Waals surface area (Å²) in [6.45, 7) is 1.72. The molecule has 0 heterocycles. The van der Waals surface area contributed by atoms with Gasteiger partial charge < -0.3 is 5.73 Å². The fourth-order valence-electron chi connectivity index (χ4n) is 1.20. The molecule has 1 rings (SSSR count). The second-order valence-corrected chi connectivity index (χ2v) is 6.18. The zero-order chi connectivity index (χ0) is 13.1. The Balaban J connectivity index is 2.87. The number of amides is 1. The maximum atomic E-state index is 11.6. The minimum absolute atomic E-state index is 0.0786. The van der Waals surface area contributed by atoms with E-state index in [4.69, 9.17) is 5.73 Å². The first-order valence-electron chi connectivity index (χ1n) is 4.95. The molecule has 17 heavy (non-hydrogen) atoms. The predicted octanol–water partition coefficient (Wildman–Crippen LogP) is 1.50. The summed E-state index contributed by atoms with van der Waals surface area (Å²) in [5.41, 5.74) is 6.20. The first-order valence-corrected chi connectivity index (χ1v) is 7.40. The lowest BCUT2D eigenvalue weighted by atomic mass is 10.2. The van der Waals surface area contributed by atoms with E-state index in [1.165, 1.54) is 12.1 Å². The molecule has 0 fully saturated rings. The van der Waals surface area contributed by atoms with Crippen molar-refractivity contribution in [3.05, 3.63) is 28.2 Å². The van der Waals surface area contributed by atoms with Gasteiger partial charge in [-0.25, -0.2) is 13.1 Å². The summed E-state index contributed by atoms with van der Waals surface area (Å²) < 4.78 is 25.4. The van der Waals surface area contributed by atoms with Gasteiger partial charge >= 0.3 is 0 Å². The van der Waals surface area contributed by atoms with Crippen LogP contribution in [-0.4, -0.2) is 20.1 Å². The number of nitrogens with two attached hydrogens (primary N) is 1. The van der Waals surface area contributed by atoms with E-state index in [9.17, 15) is 13.2 Å². The number of rotatable bonds is 4. The number of nitrogen functional groups attached to an aromatic ring is 1. The van der Waals surface area contributed by atoms with Crippen LogP contribution in [0.2, 0.25) is 0 Å². The number of hydrogen-bond donors (Lipinski definition) is 2. The molecule has 1 aromatic carbocycles. The van der Waals surface area contributed by atoms with Crippen LogP contribution in [0.3, 0.4) is 0 Å². The Kier molecular flexibility index (Phi) is 4.53. The van der Waals surface area contributed by atoms with Gasteiger partial charge in [0.25, 0.3) is 5.91 Å². The van der Waals surface area contributed by atoms with Crippen LogP contribution in [0.1, 0.15) is 23.7 Å². The molecule has 0 radical (unpaired) electrons. The predicted molar refractivity (Wildman–Crippen MR) is 70.1 cm³/mol. The smallest absolute Gasteiger partial charge is 0.264 e. The zero-order valence-electron chi connectivity index (χ0n) is 9.23. The molecule has 0 aromatic heterocycles. The summed E-state index contributed by atoms with van der Waals surface area (Å²) in [5.74, 6) is -0.747. The van der Waals surface area contributed by atoms with E-state index in [2.05, 4.69) is 15.9 Å². The fourth-order valence-corrected chi connectivity index (χ4v) is 2.49. The Hall–Kier alpha value is -1.08. The molecule has 0 aliphatic carbocycles. The van der Waals surface area contributed by atoms with E-state index in [0.29, 0.717) is 16.6 Å². The minimum Gasteiger partial charge on any atom is -0.398 e. The van der Waals surface area contributed by atoms with E-state index in [1.54, 1.807) is 13.0 Å². The molecular formula is C10H13BrN2O3S. The quantitative estimate of drug-likeness (QED) is 0.823. The molecule has 0 unspecified atom stereocenters. The van der Waals surface area contributed by atoms with Crippen molar-refractivity contribution in [3.63, 3.8) is 0 Å². The first kappa shape index (κ1) is 14.0. The van der Waals surface area contributed by atoms with E-state index in [-0.39, 0.29) is 11.3 Å². The van der Waals surface area contributed by atoms with Gasteiger partial charge in [-0.05, 0) is 40.5 Å². The highest BCUT2D eigenvalue weighted by atomic mass is 79.9. The van der Waals surface area contributed by atoms with E-state index < -0.39 is 15.9 Å². The number of halogens is 1. The number of carbonyl (C=O) groups excluding carboxylic acids is 1. The number of benzene rings is 1. The van der Waals surface area contributed by atoms with Crippen molar-refractivity contribution >= 4 is 37.5 Å². The average molecular weight is 321 g/mol. The Morgan fingerprint density at radius 2 is 2.12 bits per heavy atom. The average Bonchev–Trinajstić information content (AvgIpc) is 2.21. The highest BCUT2D eigenvalue weighted by Crippen LogP contribution is 2.20.